The van der Waals surface area contributed by atoms with E-state index in [1.807, 2.05) is 11.8 Å². The lowest BCUT2D eigenvalue weighted by Crippen LogP contribution is -2.34. The molecule has 112 valence electrons. The minimum Gasteiger partial charge on any atom is -0.389 e. The molecule has 0 fully saturated rings. The molecule has 1 aromatic carbocycles. The van der Waals surface area contributed by atoms with Crippen LogP contribution in [0.5, 0.6) is 0 Å². The van der Waals surface area contributed by atoms with Crippen molar-refractivity contribution in [2.75, 3.05) is 29.7 Å². The second-order valence-corrected chi connectivity index (χ2v) is 7.23. The van der Waals surface area contributed by atoms with Crippen molar-refractivity contribution in [1.82, 2.24) is 0 Å². The molecular formula is C15H24N2S3. The van der Waals surface area contributed by atoms with Gasteiger partial charge in [0.1, 0.15) is 4.99 Å². The lowest BCUT2D eigenvalue weighted by molar-refractivity contribution is 0.672. The summed E-state index contributed by atoms with van der Waals surface area (Å²) in [4.78, 5) is 4.00. The SMILES string of the molecule is CCSc1cccc(N(C)C(CC)CSC)c1C(N)=S. The first-order chi connectivity index (χ1) is 9.56. The third-order valence-electron chi connectivity index (χ3n) is 3.31. The number of benzene rings is 1. The van der Waals surface area contributed by atoms with Crippen molar-refractivity contribution in [3.05, 3.63) is 23.8 Å². The summed E-state index contributed by atoms with van der Waals surface area (Å²) in [5.41, 5.74) is 8.16. The van der Waals surface area contributed by atoms with Crippen LogP contribution in [0.4, 0.5) is 5.69 Å². The van der Waals surface area contributed by atoms with Crippen molar-refractivity contribution in [3.8, 4) is 0 Å². The molecular weight excluding hydrogens is 304 g/mol. The van der Waals surface area contributed by atoms with Gasteiger partial charge in [-0.3, -0.25) is 0 Å². The van der Waals surface area contributed by atoms with Gasteiger partial charge in [0.25, 0.3) is 0 Å². The summed E-state index contributed by atoms with van der Waals surface area (Å²) in [5.74, 6) is 2.12. The zero-order valence-corrected chi connectivity index (χ0v) is 15.1. The summed E-state index contributed by atoms with van der Waals surface area (Å²) in [6.07, 6.45) is 3.26. The number of nitrogens with zero attached hydrogens (tertiary/aromatic N) is 1. The van der Waals surface area contributed by atoms with Crippen LogP contribution in [0.1, 0.15) is 25.8 Å². The molecule has 1 atom stereocenters. The smallest absolute Gasteiger partial charge is 0.107 e. The maximum Gasteiger partial charge on any atom is 0.107 e. The topological polar surface area (TPSA) is 29.3 Å². The molecule has 1 unspecified atom stereocenters. The fourth-order valence-electron chi connectivity index (χ4n) is 2.23. The molecule has 0 spiro atoms. The summed E-state index contributed by atoms with van der Waals surface area (Å²) >= 11 is 8.96. The molecule has 0 aromatic heterocycles. The van der Waals surface area contributed by atoms with Crippen molar-refractivity contribution in [2.24, 2.45) is 5.73 Å². The van der Waals surface area contributed by atoms with Gasteiger partial charge in [-0.2, -0.15) is 11.8 Å². The molecule has 0 aliphatic rings. The molecule has 0 bridgehead atoms. The molecule has 0 saturated heterocycles. The van der Waals surface area contributed by atoms with E-state index in [1.54, 1.807) is 11.8 Å². The van der Waals surface area contributed by atoms with Gasteiger partial charge in [-0.1, -0.05) is 32.1 Å². The van der Waals surface area contributed by atoms with E-state index in [4.69, 9.17) is 18.0 Å². The molecule has 0 aliphatic heterocycles. The number of hydrogen-bond donors (Lipinski definition) is 1. The van der Waals surface area contributed by atoms with Crippen LogP contribution < -0.4 is 10.6 Å². The summed E-state index contributed by atoms with van der Waals surface area (Å²) < 4.78 is 0. The molecule has 20 heavy (non-hydrogen) atoms. The highest BCUT2D eigenvalue weighted by Gasteiger charge is 2.19. The van der Waals surface area contributed by atoms with Crippen LogP contribution in [-0.2, 0) is 0 Å². The first-order valence-electron chi connectivity index (χ1n) is 6.84. The summed E-state index contributed by atoms with van der Waals surface area (Å²) in [6, 6.07) is 6.82. The Balaban J connectivity index is 3.21. The summed E-state index contributed by atoms with van der Waals surface area (Å²) in [7, 11) is 2.14. The van der Waals surface area contributed by atoms with E-state index in [0.717, 1.165) is 29.2 Å². The maximum absolute atomic E-state index is 5.99. The van der Waals surface area contributed by atoms with Crippen LogP contribution in [0.3, 0.4) is 0 Å². The Labute approximate surface area is 136 Å². The number of thiocarbonyl (C=S) groups is 1. The van der Waals surface area contributed by atoms with Gasteiger partial charge in [0.05, 0.1) is 0 Å². The molecule has 1 aromatic rings. The molecule has 0 heterocycles. The van der Waals surface area contributed by atoms with Gasteiger partial charge in [0.15, 0.2) is 0 Å². The Morgan fingerprint density at radius 1 is 1.40 bits per heavy atom. The van der Waals surface area contributed by atoms with E-state index >= 15 is 0 Å². The first kappa shape index (κ1) is 17.7. The third-order valence-corrected chi connectivity index (χ3v) is 5.17. The van der Waals surface area contributed by atoms with Crippen molar-refractivity contribution < 1.29 is 0 Å². The average Bonchev–Trinajstić information content (AvgIpc) is 2.43. The Morgan fingerprint density at radius 3 is 2.60 bits per heavy atom. The molecule has 2 nitrogen and oxygen atoms in total. The Bertz CT molecular complexity index is 449. The number of thioether (sulfide) groups is 2. The molecule has 2 N–H and O–H groups in total. The van der Waals surface area contributed by atoms with Crippen LogP contribution in [-0.4, -0.2) is 35.8 Å². The average molecular weight is 329 g/mol. The van der Waals surface area contributed by atoms with Crippen LogP contribution >= 0.6 is 35.7 Å². The molecule has 1 rings (SSSR count). The van der Waals surface area contributed by atoms with Gasteiger partial charge in [0.2, 0.25) is 0 Å². The minimum absolute atomic E-state index is 0.488. The highest BCUT2D eigenvalue weighted by Crippen LogP contribution is 2.32. The van der Waals surface area contributed by atoms with Crippen LogP contribution in [0.25, 0.3) is 0 Å². The number of nitrogens with two attached hydrogens (primary N) is 1. The van der Waals surface area contributed by atoms with E-state index in [0.29, 0.717) is 11.0 Å². The normalized spacial score (nSPS) is 12.2. The second kappa shape index (κ2) is 8.80. The van der Waals surface area contributed by atoms with E-state index < -0.39 is 0 Å². The molecule has 0 radical (unpaired) electrons. The third kappa shape index (κ3) is 4.30. The molecule has 5 heteroatoms. The van der Waals surface area contributed by atoms with Gasteiger partial charge in [-0.05, 0) is 30.6 Å². The van der Waals surface area contributed by atoms with Crippen molar-refractivity contribution >= 4 is 46.4 Å². The van der Waals surface area contributed by atoms with Crippen LogP contribution in [0.2, 0.25) is 0 Å². The summed E-state index contributed by atoms with van der Waals surface area (Å²) in [6.45, 7) is 4.37. The highest BCUT2D eigenvalue weighted by atomic mass is 32.2. The quantitative estimate of drug-likeness (QED) is 0.575. The van der Waals surface area contributed by atoms with E-state index in [9.17, 15) is 0 Å². The molecule has 0 saturated carbocycles. The van der Waals surface area contributed by atoms with Gasteiger partial charge in [-0.25, -0.2) is 0 Å². The fraction of sp³-hybridized carbons (Fsp3) is 0.533. The van der Waals surface area contributed by atoms with E-state index in [1.165, 1.54) is 4.90 Å². The summed E-state index contributed by atoms with van der Waals surface area (Å²) in [5, 5.41) is 0. The lowest BCUT2D eigenvalue weighted by Gasteiger charge is -2.31. The predicted molar refractivity (Wildman–Crippen MR) is 99.6 cm³/mol. The fourth-order valence-corrected chi connectivity index (χ4v) is 4.20. The standard InChI is InChI=1S/C15H24N2S3/c1-5-11(10-19-4)17(3)12-8-7-9-13(20-6-2)14(12)15(16)18/h7-9,11H,5-6,10H2,1-4H3,(H2,16,18). The van der Waals surface area contributed by atoms with Crippen molar-refractivity contribution in [3.63, 3.8) is 0 Å². The van der Waals surface area contributed by atoms with E-state index in [-0.39, 0.29) is 0 Å². The number of rotatable bonds is 8. The zero-order valence-electron chi connectivity index (χ0n) is 12.7. The number of anilines is 1. The van der Waals surface area contributed by atoms with Crippen molar-refractivity contribution in [1.29, 1.82) is 0 Å². The molecule has 0 amide bonds. The van der Waals surface area contributed by atoms with Crippen LogP contribution in [0, 0.1) is 0 Å². The van der Waals surface area contributed by atoms with Gasteiger partial charge < -0.3 is 10.6 Å². The second-order valence-electron chi connectivity index (χ2n) is 4.58. The predicted octanol–water partition coefficient (Wildman–Crippen LogP) is 4.01. The largest absolute Gasteiger partial charge is 0.389 e. The Kier molecular flexibility index (Phi) is 7.77. The minimum atomic E-state index is 0.488. The lowest BCUT2D eigenvalue weighted by atomic mass is 10.1. The van der Waals surface area contributed by atoms with Crippen LogP contribution in [0.15, 0.2) is 23.1 Å². The Hall–Kier alpha value is -0.390. The van der Waals surface area contributed by atoms with Crippen molar-refractivity contribution in [2.45, 2.75) is 31.2 Å². The van der Waals surface area contributed by atoms with Gasteiger partial charge in [-0.15, -0.1) is 11.8 Å². The zero-order chi connectivity index (χ0) is 15.1. The first-order valence-corrected chi connectivity index (χ1v) is 9.62. The van der Waals surface area contributed by atoms with E-state index in [2.05, 4.69) is 50.2 Å². The monoisotopic (exact) mass is 328 g/mol. The highest BCUT2D eigenvalue weighted by molar-refractivity contribution is 7.99. The molecule has 0 aliphatic carbocycles. The van der Waals surface area contributed by atoms with Gasteiger partial charge >= 0.3 is 0 Å². The number of hydrogen-bond acceptors (Lipinski definition) is 4. The van der Waals surface area contributed by atoms with Gasteiger partial charge in [0, 0.05) is 35.0 Å². The Morgan fingerprint density at radius 2 is 2.10 bits per heavy atom. The maximum atomic E-state index is 5.99.